The van der Waals surface area contributed by atoms with Crippen molar-refractivity contribution in [3.8, 4) is 0 Å². The monoisotopic (exact) mass is 186 g/mol. The summed E-state index contributed by atoms with van der Waals surface area (Å²) in [5.41, 5.74) is 1.75. The first kappa shape index (κ1) is 11.0. The summed E-state index contributed by atoms with van der Waals surface area (Å²) in [5, 5.41) is 0. The fraction of sp³-hybridized carbons (Fsp3) is 0.250. The van der Waals surface area contributed by atoms with Gasteiger partial charge in [-0.15, -0.1) is 0 Å². The van der Waals surface area contributed by atoms with Crippen LogP contribution in [0.3, 0.4) is 0 Å². The zero-order valence-electron chi connectivity index (χ0n) is 7.45. The first-order chi connectivity index (χ1) is 5.74. The summed E-state index contributed by atoms with van der Waals surface area (Å²) in [5.74, 6) is 0. The van der Waals surface area contributed by atoms with E-state index in [1.54, 1.807) is 5.70 Å². The van der Waals surface area contributed by atoms with Crippen molar-refractivity contribution in [3.63, 3.8) is 0 Å². The number of hydrogen-bond donors (Lipinski definition) is 0. The lowest BCUT2D eigenvalue weighted by molar-refractivity contribution is 0.176. The number of rotatable bonds is 6. The zero-order valence-corrected chi connectivity index (χ0v) is 8.45. The first-order valence-corrected chi connectivity index (χ1v) is 5.31. The van der Waals surface area contributed by atoms with Crippen molar-refractivity contribution < 1.29 is 13.3 Å². The molecule has 0 aromatic rings. The van der Waals surface area contributed by atoms with E-state index in [0.29, 0.717) is 0 Å². The van der Waals surface area contributed by atoms with E-state index in [4.69, 9.17) is 13.3 Å². The molecule has 0 spiro atoms. The summed E-state index contributed by atoms with van der Waals surface area (Å²) in [7, 11) is -1.16. The summed E-state index contributed by atoms with van der Waals surface area (Å²) >= 11 is 0. The van der Waals surface area contributed by atoms with Crippen molar-refractivity contribution in [1.29, 1.82) is 0 Å². The van der Waals surface area contributed by atoms with Crippen LogP contribution in [0.5, 0.6) is 0 Å². The average molecular weight is 186 g/mol. The molecule has 0 aromatic carbocycles. The standard InChI is InChI=1S/C8H14O3Si/c1-5-8-12(9-4,10-6-2)11-7-3/h5-8H,2-3H2,1,4H3. The topological polar surface area (TPSA) is 27.7 Å². The summed E-state index contributed by atoms with van der Waals surface area (Å²) in [6.07, 6.45) is 4.42. The Morgan fingerprint density at radius 1 is 1.17 bits per heavy atom. The molecule has 0 unspecified atom stereocenters. The van der Waals surface area contributed by atoms with Crippen LogP contribution < -0.4 is 0 Å². The first-order valence-electron chi connectivity index (χ1n) is 3.51. The summed E-state index contributed by atoms with van der Waals surface area (Å²) < 4.78 is 15.4. The molecule has 0 aromatic heterocycles. The van der Waals surface area contributed by atoms with Gasteiger partial charge in [-0.2, -0.15) is 0 Å². The van der Waals surface area contributed by atoms with Crippen LogP contribution in [0.2, 0.25) is 0 Å². The van der Waals surface area contributed by atoms with Gasteiger partial charge < -0.3 is 13.3 Å². The number of hydrogen-bond acceptors (Lipinski definition) is 3. The molecule has 0 bridgehead atoms. The van der Waals surface area contributed by atoms with Crippen molar-refractivity contribution >= 4 is 8.80 Å². The van der Waals surface area contributed by atoms with Crippen LogP contribution in [0, 0.1) is 0 Å². The Labute approximate surface area is 74.3 Å². The van der Waals surface area contributed by atoms with Crippen LogP contribution in [0.25, 0.3) is 0 Å². The Bertz CT molecular complexity index is 167. The zero-order chi connectivity index (χ0) is 9.45. The van der Waals surface area contributed by atoms with Crippen LogP contribution in [-0.4, -0.2) is 15.9 Å². The van der Waals surface area contributed by atoms with Crippen LogP contribution in [-0.2, 0) is 13.3 Å². The molecule has 0 rings (SSSR count). The summed E-state index contributed by atoms with van der Waals surface area (Å²) in [4.78, 5) is 0. The summed E-state index contributed by atoms with van der Waals surface area (Å²) in [6.45, 7) is 8.75. The van der Waals surface area contributed by atoms with Crippen LogP contribution in [0.4, 0.5) is 0 Å². The lowest BCUT2D eigenvalue weighted by Crippen LogP contribution is -2.40. The fourth-order valence-corrected chi connectivity index (χ4v) is 2.12. The highest BCUT2D eigenvalue weighted by Crippen LogP contribution is 2.10. The quantitative estimate of drug-likeness (QED) is 0.469. The van der Waals surface area contributed by atoms with Crippen molar-refractivity contribution in [2.75, 3.05) is 7.11 Å². The predicted molar refractivity (Wildman–Crippen MR) is 50.1 cm³/mol. The molecule has 3 nitrogen and oxygen atoms in total. The van der Waals surface area contributed by atoms with Crippen molar-refractivity contribution in [1.82, 2.24) is 0 Å². The Balaban J connectivity index is 4.47. The van der Waals surface area contributed by atoms with Gasteiger partial charge >= 0.3 is 8.80 Å². The number of allylic oxidation sites excluding steroid dienone is 1. The molecule has 0 aliphatic heterocycles. The van der Waals surface area contributed by atoms with Crippen LogP contribution in [0.1, 0.15) is 6.92 Å². The molecule has 68 valence electrons. The van der Waals surface area contributed by atoms with E-state index in [9.17, 15) is 0 Å². The van der Waals surface area contributed by atoms with E-state index < -0.39 is 8.80 Å². The SMILES string of the molecule is C=CO[Si](C=CC)(OC)OC=C. The second kappa shape index (κ2) is 5.62. The minimum atomic E-state index is -2.69. The van der Waals surface area contributed by atoms with E-state index >= 15 is 0 Å². The molecule has 0 saturated heterocycles. The second-order valence-electron chi connectivity index (χ2n) is 1.88. The third kappa shape index (κ3) is 2.94. The van der Waals surface area contributed by atoms with Crippen LogP contribution in [0.15, 0.2) is 37.5 Å². The maximum Gasteiger partial charge on any atom is 0.660 e. The van der Waals surface area contributed by atoms with E-state index in [-0.39, 0.29) is 0 Å². The Hall–Kier alpha value is -1.00. The fourth-order valence-electron chi connectivity index (χ4n) is 0.707. The van der Waals surface area contributed by atoms with Gasteiger partial charge in [0, 0.05) is 12.8 Å². The molecule has 0 N–H and O–H groups in total. The largest absolute Gasteiger partial charge is 0.660 e. The average Bonchev–Trinajstić information content (AvgIpc) is 2.06. The predicted octanol–water partition coefficient (Wildman–Crippen LogP) is 2.01. The molecule has 0 aliphatic carbocycles. The highest BCUT2D eigenvalue weighted by atomic mass is 28.4. The van der Waals surface area contributed by atoms with E-state index in [1.807, 2.05) is 13.0 Å². The van der Waals surface area contributed by atoms with E-state index in [1.165, 1.54) is 19.6 Å². The molecule has 0 atom stereocenters. The molecule has 0 aliphatic rings. The highest BCUT2D eigenvalue weighted by molar-refractivity contribution is 6.66. The van der Waals surface area contributed by atoms with Gasteiger partial charge in [0.1, 0.15) is 0 Å². The van der Waals surface area contributed by atoms with Gasteiger partial charge in [-0.05, 0) is 6.92 Å². The maximum atomic E-state index is 5.16. The van der Waals surface area contributed by atoms with Gasteiger partial charge in [-0.1, -0.05) is 19.2 Å². The molecule has 4 heteroatoms. The van der Waals surface area contributed by atoms with E-state index in [2.05, 4.69) is 13.2 Å². The van der Waals surface area contributed by atoms with Gasteiger partial charge in [0.25, 0.3) is 0 Å². The molecular weight excluding hydrogens is 172 g/mol. The van der Waals surface area contributed by atoms with E-state index in [0.717, 1.165) is 0 Å². The third-order valence-corrected chi connectivity index (χ3v) is 3.45. The smallest absolute Gasteiger partial charge is 0.497 e. The molecule has 0 radical (unpaired) electrons. The second-order valence-corrected chi connectivity index (χ2v) is 4.30. The lowest BCUT2D eigenvalue weighted by Gasteiger charge is -2.21. The molecule has 0 amide bonds. The Morgan fingerprint density at radius 2 is 1.67 bits per heavy atom. The molecule has 0 saturated carbocycles. The van der Waals surface area contributed by atoms with Gasteiger partial charge in [0.15, 0.2) is 0 Å². The Morgan fingerprint density at radius 3 is 1.92 bits per heavy atom. The van der Waals surface area contributed by atoms with Crippen molar-refractivity contribution in [2.24, 2.45) is 0 Å². The minimum absolute atomic E-state index is 1.30. The molecule has 0 heterocycles. The van der Waals surface area contributed by atoms with Gasteiger partial charge in [-0.3, -0.25) is 0 Å². The van der Waals surface area contributed by atoms with Gasteiger partial charge in [0.2, 0.25) is 0 Å². The normalized spacial score (nSPS) is 11.2. The van der Waals surface area contributed by atoms with Crippen molar-refractivity contribution in [2.45, 2.75) is 6.92 Å². The molecule has 12 heavy (non-hydrogen) atoms. The molecule has 0 fully saturated rings. The highest BCUT2D eigenvalue weighted by Gasteiger charge is 2.39. The van der Waals surface area contributed by atoms with Crippen molar-refractivity contribution in [3.05, 3.63) is 37.5 Å². The minimum Gasteiger partial charge on any atom is -0.497 e. The summed E-state index contributed by atoms with van der Waals surface area (Å²) in [6, 6.07) is 0. The third-order valence-electron chi connectivity index (χ3n) is 1.15. The Kier molecular flexibility index (Phi) is 5.15. The lowest BCUT2D eigenvalue weighted by atomic mass is 10.8. The van der Waals surface area contributed by atoms with Gasteiger partial charge in [-0.25, -0.2) is 0 Å². The van der Waals surface area contributed by atoms with Crippen LogP contribution >= 0.6 is 0 Å². The maximum absolute atomic E-state index is 5.16. The van der Waals surface area contributed by atoms with Gasteiger partial charge in [0.05, 0.1) is 12.5 Å². The molecular formula is C8H14O3Si.